The van der Waals surface area contributed by atoms with Crippen LogP contribution in [0.5, 0.6) is 5.75 Å². The maximum absolute atomic E-state index is 13.5. The van der Waals surface area contributed by atoms with Gasteiger partial charge in [-0.2, -0.15) is 0 Å². The predicted molar refractivity (Wildman–Crippen MR) is 68.9 cm³/mol. The summed E-state index contributed by atoms with van der Waals surface area (Å²) in [4.78, 5) is 11.0. The van der Waals surface area contributed by atoms with Gasteiger partial charge in [0.25, 0.3) is 0 Å². The molecule has 0 saturated carbocycles. The third kappa shape index (κ3) is 3.10. The maximum atomic E-state index is 13.5. The summed E-state index contributed by atoms with van der Waals surface area (Å²) in [5.74, 6) is -1.36. The molecule has 0 aromatic heterocycles. The summed E-state index contributed by atoms with van der Waals surface area (Å²) in [5.41, 5.74) is 1.55. The minimum absolute atomic E-state index is 0.0167. The van der Waals surface area contributed by atoms with E-state index >= 15 is 0 Å². The SMILES string of the molecule is Cc1ccc(F)c(OCc2ccccc2C(=O)O)c1. The van der Waals surface area contributed by atoms with E-state index in [1.54, 1.807) is 30.3 Å². The average molecular weight is 260 g/mol. The van der Waals surface area contributed by atoms with Gasteiger partial charge >= 0.3 is 5.97 Å². The van der Waals surface area contributed by atoms with Gasteiger partial charge in [-0.25, -0.2) is 9.18 Å². The fraction of sp³-hybridized carbons (Fsp3) is 0.133. The fourth-order valence-electron chi connectivity index (χ4n) is 1.73. The van der Waals surface area contributed by atoms with Gasteiger partial charge in [0.1, 0.15) is 6.61 Å². The molecule has 0 aliphatic rings. The van der Waals surface area contributed by atoms with Crippen LogP contribution in [0, 0.1) is 12.7 Å². The van der Waals surface area contributed by atoms with E-state index in [0.29, 0.717) is 5.56 Å². The molecule has 2 rings (SSSR count). The van der Waals surface area contributed by atoms with Crippen LogP contribution in [0.3, 0.4) is 0 Å². The molecule has 4 heteroatoms. The van der Waals surface area contributed by atoms with Gasteiger partial charge in [0.2, 0.25) is 0 Å². The number of halogens is 1. The number of carboxylic acid groups (broad SMARTS) is 1. The van der Waals surface area contributed by atoms with Crippen molar-refractivity contribution in [2.75, 3.05) is 0 Å². The Morgan fingerprint density at radius 1 is 1.26 bits per heavy atom. The van der Waals surface area contributed by atoms with Crippen molar-refractivity contribution in [1.82, 2.24) is 0 Å². The third-order valence-electron chi connectivity index (χ3n) is 2.72. The number of ether oxygens (including phenoxy) is 1. The van der Waals surface area contributed by atoms with Crippen molar-refractivity contribution in [2.45, 2.75) is 13.5 Å². The predicted octanol–water partition coefficient (Wildman–Crippen LogP) is 3.41. The second kappa shape index (κ2) is 5.52. The van der Waals surface area contributed by atoms with E-state index < -0.39 is 11.8 Å². The smallest absolute Gasteiger partial charge is 0.336 e. The third-order valence-corrected chi connectivity index (χ3v) is 2.72. The highest BCUT2D eigenvalue weighted by atomic mass is 19.1. The van der Waals surface area contributed by atoms with Gasteiger partial charge in [-0.05, 0) is 30.7 Å². The highest BCUT2D eigenvalue weighted by molar-refractivity contribution is 5.89. The molecule has 19 heavy (non-hydrogen) atoms. The van der Waals surface area contributed by atoms with E-state index in [1.807, 2.05) is 6.92 Å². The van der Waals surface area contributed by atoms with Crippen LogP contribution in [0.4, 0.5) is 4.39 Å². The standard InChI is InChI=1S/C15H13FO3/c1-10-6-7-13(16)14(8-10)19-9-11-4-2-3-5-12(11)15(17)18/h2-8H,9H2,1H3,(H,17,18). The van der Waals surface area contributed by atoms with Crippen LogP contribution in [0.15, 0.2) is 42.5 Å². The van der Waals surface area contributed by atoms with Gasteiger partial charge < -0.3 is 9.84 Å². The monoisotopic (exact) mass is 260 g/mol. The van der Waals surface area contributed by atoms with Crippen molar-refractivity contribution in [3.8, 4) is 5.75 Å². The van der Waals surface area contributed by atoms with E-state index in [1.165, 1.54) is 12.1 Å². The minimum atomic E-state index is -1.02. The van der Waals surface area contributed by atoms with Crippen LogP contribution >= 0.6 is 0 Å². The molecule has 98 valence electrons. The summed E-state index contributed by atoms with van der Waals surface area (Å²) in [7, 11) is 0. The quantitative estimate of drug-likeness (QED) is 0.916. The lowest BCUT2D eigenvalue weighted by Gasteiger charge is -2.10. The highest BCUT2D eigenvalue weighted by Gasteiger charge is 2.10. The van der Waals surface area contributed by atoms with Gasteiger partial charge in [-0.3, -0.25) is 0 Å². The largest absolute Gasteiger partial charge is 0.486 e. The van der Waals surface area contributed by atoms with E-state index in [9.17, 15) is 9.18 Å². The molecule has 0 bridgehead atoms. The normalized spacial score (nSPS) is 10.2. The Hall–Kier alpha value is -2.36. The second-order valence-electron chi connectivity index (χ2n) is 4.18. The minimum Gasteiger partial charge on any atom is -0.486 e. The van der Waals surface area contributed by atoms with Crippen molar-refractivity contribution in [3.63, 3.8) is 0 Å². The van der Waals surface area contributed by atoms with Crippen LogP contribution in [0.1, 0.15) is 21.5 Å². The van der Waals surface area contributed by atoms with E-state index in [2.05, 4.69) is 0 Å². The fourth-order valence-corrected chi connectivity index (χ4v) is 1.73. The van der Waals surface area contributed by atoms with Crippen molar-refractivity contribution >= 4 is 5.97 Å². The number of aromatic carboxylic acids is 1. The average Bonchev–Trinajstić information content (AvgIpc) is 2.40. The van der Waals surface area contributed by atoms with Crippen molar-refractivity contribution in [3.05, 3.63) is 65.0 Å². The summed E-state index contributed by atoms with van der Waals surface area (Å²) in [6.07, 6.45) is 0. The zero-order valence-electron chi connectivity index (χ0n) is 10.4. The Morgan fingerprint density at radius 2 is 2.00 bits per heavy atom. The number of carboxylic acids is 1. The molecule has 3 nitrogen and oxygen atoms in total. The Bertz CT molecular complexity index is 608. The van der Waals surface area contributed by atoms with Crippen molar-refractivity contribution in [1.29, 1.82) is 0 Å². The summed E-state index contributed by atoms with van der Waals surface area (Å²) < 4.78 is 18.8. The van der Waals surface area contributed by atoms with Crippen LogP contribution in [0.25, 0.3) is 0 Å². The van der Waals surface area contributed by atoms with Gasteiger partial charge in [0.15, 0.2) is 11.6 Å². The Balaban J connectivity index is 2.19. The van der Waals surface area contributed by atoms with Crippen molar-refractivity contribution in [2.24, 2.45) is 0 Å². The number of aryl methyl sites for hydroxylation is 1. The molecule has 0 saturated heterocycles. The lowest BCUT2D eigenvalue weighted by atomic mass is 10.1. The molecule has 0 spiro atoms. The lowest BCUT2D eigenvalue weighted by molar-refractivity contribution is 0.0694. The van der Waals surface area contributed by atoms with Crippen LogP contribution in [0.2, 0.25) is 0 Å². The number of carbonyl (C=O) groups is 1. The van der Waals surface area contributed by atoms with Gasteiger partial charge in [0, 0.05) is 5.56 Å². The number of hydrogen-bond acceptors (Lipinski definition) is 2. The first kappa shape index (κ1) is 13.1. The summed E-state index contributed by atoms with van der Waals surface area (Å²) >= 11 is 0. The topological polar surface area (TPSA) is 46.5 Å². The number of hydrogen-bond donors (Lipinski definition) is 1. The molecule has 0 heterocycles. The van der Waals surface area contributed by atoms with E-state index in [-0.39, 0.29) is 17.9 Å². The molecule has 1 N–H and O–H groups in total. The Kier molecular flexibility index (Phi) is 3.80. The number of benzene rings is 2. The molecule has 0 fully saturated rings. The Labute approximate surface area is 110 Å². The van der Waals surface area contributed by atoms with Gasteiger partial charge in [0.05, 0.1) is 5.56 Å². The maximum Gasteiger partial charge on any atom is 0.336 e. The first-order valence-electron chi connectivity index (χ1n) is 5.78. The van der Waals surface area contributed by atoms with Crippen LogP contribution in [-0.4, -0.2) is 11.1 Å². The van der Waals surface area contributed by atoms with Crippen molar-refractivity contribution < 1.29 is 19.0 Å². The van der Waals surface area contributed by atoms with Crippen LogP contribution < -0.4 is 4.74 Å². The van der Waals surface area contributed by atoms with E-state index in [4.69, 9.17) is 9.84 Å². The Morgan fingerprint density at radius 3 is 2.74 bits per heavy atom. The molecule has 2 aromatic carbocycles. The molecule has 0 radical (unpaired) electrons. The molecular weight excluding hydrogens is 247 g/mol. The van der Waals surface area contributed by atoms with Crippen LogP contribution in [-0.2, 0) is 6.61 Å². The van der Waals surface area contributed by atoms with Gasteiger partial charge in [-0.1, -0.05) is 24.3 Å². The first-order chi connectivity index (χ1) is 9.08. The van der Waals surface area contributed by atoms with Gasteiger partial charge in [-0.15, -0.1) is 0 Å². The second-order valence-corrected chi connectivity index (χ2v) is 4.18. The highest BCUT2D eigenvalue weighted by Crippen LogP contribution is 2.20. The first-order valence-corrected chi connectivity index (χ1v) is 5.78. The molecule has 0 amide bonds. The molecule has 2 aromatic rings. The molecule has 0 unspecified atom stereocenters. The zero-order valence-corrected chi connectivity index (χ0v) is 10.4. The summed E-state index contributed by atoms with van der Waals surface area (Å²) in [6.45, 7) is 1.85. The lowest BCUT2D eigenvalue weighted by Crippen LogP contribution is -2.06. The number of rotatable bonds is 4. The molecule has 0 aliphatic carbocycles. The molecular formula is C15H13FO3. The summed E-state index contributed by atoms with van der Waals surface area (Å²) in [5, 5.41) is 9.03. The summed E-state index contributed by atoms with van der Waals surface area (Å²) in [6, 6.07) is 11.1. The van der Waals surface area contributed by atoms with E-state index in [0.717, 1.165) is 5.56 Å². The molecule has 0 aliphatic heterocycles. The zero-order chi connectivity index (χ0) is 13.8. The molecule has 0 atom stereocenters.